The van der Waals surface area contributed by atoms with Crippen LogP contribution in [-0.4, -0.2) is 47.7 Å². The molecule has 10 nitrogen and oxygen atoms in total. The Morgan fingerprint density at radius 3 is 2.13 bits per heavy atom. The van der Waals surface area contributed by atoms with E-state index in [0.717, 1.165) is 18.7 Å². The lowest BCUT2D eigenvalue weighted by atomic mass is 9.76. The van der Waals surface area contributed by atoms with Gasteiger partial charge < -0.3 is 18.9 Å². The highest BCUT2D eigenvalue weighted by atomic mass is 16.7. The fraction of sp³-hybridized carbons (Fsp3) is 0.381. The monoisotopic (exact) mass is 429 g/mol. The molecule has 2 fully saturated rings. The molecule has 0 radical (unpaired) electrons. The lowest BCUT2D eigenvalue weighted by Crippen LogP contribution is -2.52. The molecular weight excluding hydrogens is 410 g/mol. The molecule has 2 saturated heterocycles. The van der Waals surface area contributed by atoms with Gasteiger partial charge in [-0.2, -0.15) is 0 Å². The summed E-state index contributed by atoms with van der Waals surface area (Å²) in [6.45, 7) is 3.52. The first-order valence-corrected chi connectivity index (χ1v) is 9.52. The van der Waals surface area contributed by atoms with Crippen LogP contribution in [-0.2, 0) is 38.2 Å². The van der Waals surface area contributed by atoms with E-state index in [4.69, 9.17) is 18.9 Å². The molecule has 2 bridgehead atoms. The first-order chi connectivity index (χ1) is 14.6. The lowest BCUT2D eigenvalue weighted by molar-refractivity contribution is -0.226. The molecule has 1 aromatic rings. The minimum atomic E-state index is -1.61. The number of anilines is 1. The topological polar surface area (TPSA) is 126 Å². The third-order valence-corrected chi connectivity index (χ3v) is 5.35. The van der Waals surface area contributed by atoms with Crippen LogP contribution in [0.15, 0.2) is 36.4 Å². The minimum Gasteiger partial charge on any atom is -0.427 e. The SMILES string of the molecule is CC(=O)Oc1ccc(N2C(=O)[C@H]3[C@@H](C2=O)[C@]2(C(OC(C)=O)OC(C)=O)C=C[C@H]3O2)cc1. The number of imide groups is 1. The van der Waals surface area contributed by atoms with E-state index in [1.807, 2.05) is 0 Å². The summed E-state index contributed by atoms with van der Waals surface area (Å²) in [5.41, 5.74) is -1.32. The van der Waals surface area contributed by atoms with Crippen LogP contribution in [0.2, 0.25) is 0 Å². The molecule has 10 heteroatoms. The van der Waals surface area contributed by atoms with Gasteiger partial charge in [-0.25, -0.2) is 4.90 Å². The van der Waals surface area contributed by atoms with Gasteiger partial charge in [-0.1, -0.05) is 6.08 Å². The van der Waals surface area contributed by atoms with Gasteiger partial charge in [-0.15, -0.1) is 0 Å². The molecule has 3 aliphatic heterocycles. The van der Waals surface area contributed by atoms with Gasteiger partial charge in [-0.05, 0) is 30.3 Å². The number of nitrogens with zero attached hydrogens (tertiary/aromatic N) is 1. The molecule has 0 spiro atoms. The van der Waals surface area contributed by atoms with Crippen LogP contribution in [0.3, 0.4) is 0 Å². The van der Waals surface area contributed by atoms with Crippen LogP contribution in [0.4, 0.5) is 5.69 Å². The third kappa shape index (κ3) is 3.28. The van der Waals surface area contributed by atoms with Crippen molar-refractivity contribution in [1.82, 2.24) is 0 Å². The third-order valence-electron chi connectivity index (χ3n) is 5.35. The summed E-state index contributed by atoms with van der Waals surface area (Å²) in [7, 11) is 0. The fourth-order valence-electron chi connectivity index (χ4n) is 4.30. The maximum Gasteiger partial charge on any atom is 0.308 e. The molecule has 3 heterocycles. The zero-order valence-corrected chi connectivity index (χ0v) is 16.9. The molecule has 4 rings (SSSR count). The van der Waals surface area contributed by atoms with Gasteiger partial charge >= 0.3 is 17.9 Å². The predicted molar refractivity (Wildman–Crippen MR) is 101 cm³/mol. The van der Waals surface area contributed by atoms with E-state index in [1.165, 1.54) is 37.3 Å². The Morgan fingerprint density at radius 1 is 0.968 bits per heavy atom. The second-order valence-corrected chi connectivity index (χ2v) is 7.45. The average Bonchev–Trinajstić information content (AvgIpc) is 3.32. The van der Waals surface area contributed by atoms with E-state index in [-0.39, 0.29) is 11.4 Å². The van der Waals surface area contributed by atoms with E-state index in [9.17, 15) is 24.0 Å². The van der Waals surface area contributed by atoms with Crippen molar-refractivity contribution in [2.75, 3.05) is 4.90 Å². The molecule has 0 saturated carbocycles. The van der Waals surface area contributed by atoms with E-state index in [1.54, 1.807) is 6.08 Å². The normalized spacial score (nSPS) is 28.1. The molecule has 1 aromatic carbocycles. The summed E-state index contributed by atoms with van der Waals surface area (Å²) >= 11 is 0. The fourth-order valence-corrected chi connectivity index (χ4v) is 4.30. The van der Waals surface area contributed by atoms with Gasteiger partial charge in [0, 0.05) is 20.8 Å². The van der Waals surface area contributed by atoms with Gasteiger partial charge in [0.05, 0.1) is 23.6 Å². The summed E-state index contributed by atoms with van der Waals surface area (Å²) in [6, 6.07) is 5.89. The zero-order valence-electron chi connectivity index (χ0n) is 16.9. The van der Waals surface area contributed by atoms with Crippen molar-refractivity contribution in [3.63, 3.8) is 0 Å². The van der Waals surface area contributed by atoms with E-state index < -0.39 is 59.6 Å². The minimum absolute atomic E-state index is 0.266. The van der Waals surface area contributed by atoms with Gasteiger partial charge in [0.1, 0.15) is 5.75 Å². The van der Waals surface area contributed by atoms with Crippen LogP contribution >= 0.6 is 0 Å². The number of esters is 3. The van der Waals surface area contributed by atoms with E-state index >= 15 is 0 Å². The molecule has 0 aromatic heterocycles. The number of fused-ring (bicyclic) bond motifs is 5. The van der Waals surface area contributed by atoms with Crippen molar-refractivity contribution < 1.29 is 42.9 Å². The highest BCUT2D eigenvalue weighted by Crippen LogP contribution is 2.54. The van der Waals surface area contributed by atoms with E-state index in [2.05, 4.69) is 0 Å². The summed E-state index contributed by atoms with van der Waals surface area (Å²) < 4.78 is 21.2. The van der Waals surface area contributed by atoms with Gasteiger partial charge in [0.15, 0.2) is 5.60 Å². The van der Waals surface area contributed by atoms with Crippen LogP contribution in [0, 0.1) is 11.8 Å². The maximum absolute atomic E-state index is 13.4. The summed E-state index contributed by atoms with van der Waals surface area (Å²) in [5, 5.41) is 0. The molecule has 3 aliphatic rings. The van der Waals surface area contributed by atoms with Gasteiger partial charge in [0.25, 0.3) is 6.29 Å². The molecule has 4 atom stereocenters. The number of hydrogen-bond donors (Lipinski definition) is 0. The number of carbonyl (C=O) groups excluding carboxylic acids is 5. The van der Waals surface area contributed by atoms with Crippen LogP contribution in [0.25, 0.3) is 0 Å². The summed E-state index contributed by atoms with van der Waals surface area (Å²) in [5.74, 6) is -4.69. The molecule has 0 N–H and O–H groups in total. The first-order valence-electron chi connectivity index (χ1n) is 9.52. The van der Waals surface area contributed by atoms with Crippen molar-refractivity contribution >= 4 is 35.4 Å². The Kier molecular flexibility index (Phi) is 4.89. The van der Waals surface area contributed by atoms with Crippen molar-refractivity contribution in [3.8, 4) is 5.75 Å². The van der Waals surface area contributed by atoms with Crippen molar-refractivity contribution in [1.29, 1.82) is 0 Å². The Balaban J connectivity index is 1.68. The van der Waals surface area contributed by atoms with Gasteiger partial charge in [0.2, 0.25) is 11.8 Å². The highest BCUT2D eigenvalue weighted by Gasteiger charge is 2.72. The number of amides is 2. The summed E-state index contributed by atoms with van der Waals surface area (Å²) in [4.78, 5) is 61.8. The van der Waals surface area contributed by atoms with E-state index in [0.29, 0.717) is 0 Å². The Hall–Kier alpha value is -3.53. The molecule has 2 amide bonds. The Morgan fingerprint density at radius 2 is 1.58 bits per heavy atom. The van der Waals surface area contributed by atoms with Crippen molar-refractivity contribution in [3.05, 3.63) is 36.4 Å². The molecular formula is C21H19NO9. The number of carbonyl (C=O) groups is 5. The number of ether oxygens (including phenoxy) is 4. The number of rotatable bonds is 5. The Labute approximate surface area is 176 Å². The average molecular weight is 429 g/mol. The maximum atomic E-state index is 13.4. The van der Waals surface area contributed by atoms with Gasteiger partial charge in [-0.3, -0.25) is 24.0 Å². The second kappa shape index (κ2) is 7.31. The smallest absolute Gasteiger partial charge is 0.308 e. The largest absolute Gasteiger partial charge is 0.427 e. The molecule has 31 heavy (non-hydrogen) atoms. The molecule has 0 aliphatic carbocycles. The molecule has 0 unspecified atom stereocenters. The lowest BCUT2D eigenvalue weighted by Gasteiger charge is -2.34. The quantitative estimate of drug-likeness (QED) is 0.220. The first kappa shape index (κ1) is 20.7. The second-order valence-electron chi connectivity index (χ2n) is 7.45. The molecule has 162 valence electrons. The van der Waals surface area contributed by atoms with Crippen LogP contribution in [0.5, 0.6) is 5.75 Å². The Bertz CT molecular complexity index is 998. The standard InChI is InChI=1S/C21H19NO9/c1-10(23)28-14-6-4-13(5-7-14)22-18(26)16-15-8-9-21(31-15,17(16)19(22)27)20(29-11(2)24)30-12(3)25/h4-9,15-17,20H,1-3H3/t15-,16-,17+,21+/m1/s1. The number of hydrogen-bond acceptors (Lipinski definition) is 9. The van der Waals surface area contributed by atoms with Crippen LogP contribution < -0.4 is 9.64 Å². The predicted octanol–water partition coefficient (Wildman–Crippen LogP) is 0.877. The zero-order chi connectivity index (χ0) is 22.5. The van der Waals surface area contributed by atoms with Crippen molar-refractivity contribution in [2.45, 2.75) is 38.8 Å². The van der Waals surface area contributed by atoms with Crippen LogP contribution in [0.1, 0.15) is 20.8 Å². The highest BCUT2D eigenvalue weighted by molar-refractivity contribution is 6.23. The summed E-state index contributed by atoms with van der Waals surface area (Å²) in [6.07, 6.45) is 0.843. The van der Waals surface area contributed by atoms with Crippen molar-refractivity contribution in [2.24, 2.45) is 11.8 Å². The number of benzene rings is 1.